The van der Waals surface area contributed by atoms with Crippen LogP contribution >= 0.6 is 0 Å². The molecule has 0 aliphatic rings. The second-order valence-electron chi connectivity index (χ2n) is 9.42. The summed E-state index contributed by atoms with van der Waals surface area (Å²) in [7, 11) is 0. The van der Waals surface area contributed by atoms with E-state index in [0.29, 0.717) is 61.9 Å². The van der Waals surface area contributed by atoms with E-state index in [9.17, 15) is 19.2 Å². The van der Waals surface area contributed by atoms with Crippen LogP contribution in [-0.2, 0) is 14.2 Å². The highest BCUT2D eigenvalue weighted by atomic mass is 16.5. The highest BCUT2D eigenvalue weighted by Crippen LogP contribution is 1.98. The Morgan fingerprint density at radius 3 is 0.623 bits per heavy atom. The lowest BCUT2D eigenvalue weighted by Crippen LogP contribution is -2.09. The number of aliphatic hydroxyl groups excluding tert-OH is 4. The van der Waals surface area contributed by atoms with Gasteiger partial charge in [0.1, 0.15) is 0 Å². The van der Waals surface area contributed by atoms with Crippen LogP contribution in [0, 0.1) is 0 Å². The molecule has 53 heavy (non-hydrogen) atoms. The lowest BCUT2D eigenvalue weighted by molar-refractivity contribution is 0.0222. The number of rotatable bonds is 15. The van der Waals surface area contributed by atoms with Crippen molar-refractivity contribution in [2.75, 3.05) is 66.1 Å². The van der Waals surface area contributed by atoms with Gasteiger partial charge in [0.25, 0.3) is 0 Å². The van der Waals surface area contributed by atoms with Gasteiger partial charge in [0.15, 0.2) is 0 Å². The van der Waals surface area contributed by atoms with Crippen LogP contribution in [0.15, 0.2) is 121 Å². The smallest absolute Gasteiger partial charge is 0.335 e. The fourth-order valence-corrected chi connectivity index (χ4v) is 3.01. The molecular formula is C38H48O15. The minimum absolute atomic E-state index is 0.0278. The Hall–Kier alpha value is -5.52. The molecule has 15 nitrogen and oxygen atoms in total. The molecule has 4 rings (SSSR count). The van der Waals surface area contributed by atoms with Gasteiger partial charge in [-0.2, -0.15) is 0 Å². The molecule has 15 heteroatoms. The molecule has 0 unspecified atom stereocenters. The van der Waals surface area contributed by atoms with E-state index in [1.54, 1.807) is 121 Å². The van der Waals surface area contributed by atoms with Crippen molar-refractivity contribution in [3.05, 3.63) is 144 Å². The van der Waals surface area contributed by atoms with Gasteiger partial charge in [-0.25, -0.2) is 19.2 Å². The van der Waals surface area contributed by atoms with Gasteiger partial charge in [-0.15, -0.1) is 0 Å². The lowest BCUT2D eigenvalue weighted by Gasteiger charge is -2.01. The van der Waals surface area contributed by atoms with Crippen molar-refractivity contribution in [3.8, 4) is 0 Å². The molecule has 290 valence electrons. The Bertz CT molecular complexity index is 1230. The molecule has 0 amide bonds. The van der Waals surface area contributed by atoms with Gasteiger partial charge in [-0.3, -0.25) is 0 Å². The van der Waals surface area contributed by atoms with Crippen LogP contribution in [0.3, 0.4) is 0 Å². The van der Waals surface area contributed by atoms with Gasteiger partial charge in [0.2, 0.25) is 0 Å². The van der Waals surface area contributed by atoms with Crippen molar-refractivity contribution in [2.45, 2.75) is 0 Å². The van der Waals surface area contributed by atoms with E-state index in [1.807, 2.05) is 0 Å². The summed E-state index contributed by atoms with van der Waals surface area (Å²) in [6.45, 7) is 2.42. The molecular weight excluding hydrogens is 696 g/mol. The van der Waals surface area contributed by atoms with Crippen LogP contribution in [0.2, 0.25) is 0 Å². The van der Waals surface area contributed by atoms with Crippen molar-refractivity contribution in [1.29, 1.82) is 0 Å². The number of benzene rings is 4. The topological polar surface area (TPSA) is 258 Å². The first-order valence-electron chi connectivity index (χ1n) is 15.9. The first kappa shape index (κ1) is 49.6. The third-order valence-corrected chi connectivity index (χ3v) is 5.40. The second kappa shape index (κ2) is 36.3. The molecule has 0 atom stereocenters. The van der Waals surface area contributed by atoms with Gasteiger partial charge in [0.05, 0.1) is 88.3 Å². The lowest BCUT2D eigenvalue weighted by atomic mass is 10.2. The number of aliphatic hydroxyl groups is 4. The van der Waals surface area contributed by atoms with Crippen LogP contribution < -0.4 is 0 Å². The molecule has 0 saturated heterocycles. The molecule has 0 radical (unpaired) electrons. The molecule has 0 saturated carbocycles. The van der Waals surface area contributed by atoms with Crippen molar-refractivity contribution in [1.82, 2.24) is 0 Å². The normalized spacial score (nSPS) is 9.21. The summed E-state index contributed by atoms with van der Waals surface area (Å²) in [6.07, 6.45) is 0. The van der Waals surface area contributed by atoms with E-state index in [2.05, 4.69) is 4.74 Å². The Balaban J connectivity index is 0. The Morgan fingerprint density at radius 2 is 0.491 bits per heavy atom. The summed E-state index contributed by atoms with van der Waals surface area (Å²) in [5, 5.41) is 66.2. The maximum Gasteiger partial charge on any atom is 0.335 e. The van der Waals surface area contributed by atoms with Crippen LogP contribution in [0.5, 0.6) is 0 Å². The van der Waals surface area contributed by atoms with Crippen molar-refractivity contribution in [3.63, 3.8) is 0 Å². The monoisotopic (exact) mass is 744 g/mol. The van der Waals surface area contributed by atoms with Crippen LogP contribution in [0.4, 0.5) is 0 Å². The molecule has 0 fully saturated rings. The minimum atomic E-state index is -0.879. The largest absolute Gasteiger partial charge is 0.478 e. The average molecular weight is 745 g/mol. The maximum atomic E-state index is 10.2. The predicted molar refractivity (Wildman–Crippen MR) is 194 cm³/mol. The molecule has 8 N–H and O–H groups in total. The fraction of sp³-hybridized carbons (Fsp3) is 0.263. The van der Waals surface area contributed by atoms with E-state index in [-0.39, 0.29) is 26.4 Å². The van der Waals surface area contributed by atoms with Gasteiger partial charge < -0.3 is 55.1 Å². The summed E-state index contributed by atoms with van der Waals surface area (Å²) in [4.78, 5) is 40.8. The molecule has 0 aromatic heterocycles. The highest BCUT2D eigenvalue weighted by Gasteiger charge is 1.99. The number of carboxylic acids is 4. The molecule has 4 aromatic carbocycles. The number of hydrogen-bond acceptors (Lipinski definition) is 11. The number of aromatic carboxylic acids is 4. The zero-order valence-corrected chi connectivity index (χ0v) is 29.1. The third kappa shape index (κ3) is 32.2. The van der Waals surface area contributed by atoms with E-state index >= 15 is 0 Å². The van der Waals surface area contributed by atoms with Crippen LogP contribution in [-0.4, -0.2) is 131 Å². The average Bonchev–Trinajstić information content (AvgIpc) is 3.19. The van der Waals surface area contributed by atoms with E-state index in [0.717, 1.165) is 0 Å². The summed E-state index contributed by atoms with van der Waals surface area (Å²) in [5.74, 6) is -3.52. The van der Waals surface area contributed by atoms with Gasteiger partial charge >= 0.3 is 23.9 Å². The Labute approximate surface area is 307 Å². The molecule has 0 bridgehead atoms. The van der Waals surface area contributed by atoms with E-state index in [4.69, 9.17) is 50.3 Å². The van der Waals surface area contributed by atoms with E-state index < -0.39 is 23.9 Å². The minimum Gasteiger partial charge on any atom is -0.478 e. The highest BCUT2D eigenvalue weighted by molar-refractivity contribution is 5.88. The molecule has 0 aliphatic heterocycles. The zero-order chi connectivity index (χ0) is 40.0. The number of carboxylic acid groups (broad SMARTS) is 4. The first-order chi connectivity index (χ1) is 25.5. The maximum absolute atomic E-state index is 10.2. The molecule has 4 aromatic rings. The number of carbonyl (C=O) groups is 4. The van der Waals surface area contributed by atoms with Crippen molar-refractivity contribution < 1.29 is 74.2 Å². The van der Waals surface area contributed by atoms with Crippen molar-refractivity contribution >= 4 is 23.9 Å². The molecule has 0 spiro atoms. The van der Waals surface area contributed by atoms with Gasteiger partial charge in [-0.1, -0.05) is 72.8 Å². The second-order valence-corrected chi connectivity index (χ2v) is 9.42. The third-order valence-electron chi connectivity index (χ3n) is 5.40. The van der Waals surface area contributed by atoms with Crippen molar-refractivity contribution in [2.24, 2.45) is 0 Å². The summed E-state index contributed by atoms with van der Waals surface area (Å²) in [5.41, 5.74) is 1.32. The summed E-state index contributed by atoms with van der Waals surface area (Å²) < 4.78 is 14.4. The standard InChI is InChI=1S/4C7H6O2.C6H14O4.C4H10O3/c4*8-7(9)6-4-2-1-3-5-6;7-1-3-9-5-6-10-4-2-8;5-1-3-7-4-2-6/h4*1-5H,(H,8,9);7-8H,1-6H2;5-6H,1-4H2. The summed E-state index contributed by atoms with van der Waals surface area (Å²) >= 11 is 0. The van der Waals surface area contributed by atoms with Crippen LogP contribution in [0.25, 0.3) is 0 Å². The molecule has 0 aliphatic carbocycles. The zero-order valence-electron chi connectivity index (χ0n) is 29.1. The first-order valence-corrected chi connectivity index (χ1v) is 15.9. The fourth-order valence-electron chi connectivity index (χ4n) is 3.01. The summed E-state index contributed by atoms with van der Waals surface area (Å²) in [6, 6.07) is 33.2. The molecule has 0 heterocycles. The SMILES string of the molecule is O=C(O)c1ccccc1.O=C(O)c1ccccc1.O=C(O)c1ccccc1.O=C(O)c1ccccc1.OCCOCCO.OCCOCCOCCO. The van der Waals surface area contributed by atoms with Crippen LogP contribution in [0.1, 0.15) is 41.4 Å². The number of ether oxygens (including phenoxy) is 3. The quantitative estimate of drug-likeness (QED) is 0.0810. The van der Waals surface area contributed by atoms with E-state index in [1.165, 1.54) is 0 Å². The van der Waals surface area contributed by atoms with Gasteiger partial charge in [0, 0.05) is 0 Å². The predicted octanol–water partition coefficient (Wildman–Crippen LogP) is 3.53. The number of hydrogen-bond donors (Lipinski definition) is 8. The Kier molecular flexibility index (Phi) is 33.9. The van der Waals surface area contributed by atoms with Gasteiger partial charge in [-0.05, 0) is 48.5 Å². The Morgan fingerprint density at radius 1 is 0.321 bits per heavy atom.